The lowest BCUT2D eigenvalue weighted by Gasteiger charge is -2.19. The number of rotatable bonds is 4. The second-order valence-corrected chi connectivity index (χ2v) is 7.80. The Morgan fingerprint density at radius 3 is 2.60 bits per heavy atom. The van der Waals surface area contributed by atoms with E-state index >= 15 is 0 Å². The van der Waals surface area contributed by atoms with E-state index in [1.54, 1.807) is 4.90 Å². The van der Waals surface area contributed by atoms with Crippen molar-refractivity contribution in [1.29, 1.82) is 0 Å². The van der Waals surface area contributed by atoms with Gasteiger partial charge in [0.05, 0.1) is 21.1 Å². The molecular weight excluding hydrogens is 372 g/mol. The van der Waals surface area contributed by atoms with E-state index in [0.29, 0.717) is 21.6 Å². The molecule has 4 aromatic rings. The van der Waals surface area contributed by atoms with E-state index in [1.165, 1.54) is 22.7 Å². The maximum Gasteiger partial charge on any atom is 0.270 e. The molecular formula is C19H13ClN2OS2. The largest absolute Gasteiger partial charge is 0.279 e. The van der Waals surface area contributed by atoms with Crippen molar-refractivity contribution in [2.45, 2.75) is 6.54 Å². The van der Waals surface area contributed by atoms with Crippen molar-refractivity contribution in [1.82, 2.24) is 4.98 Å². The van der Waals surface area contributed by atoms with Crippen LogP contribution in [-0.4, -0.2) is 10.9 Å². The summed E-state index contributed by atoms with van der Waals surface area (Å²) in [4.78, 5) is 20.1. The number of carbonyl (C=O) groups is 1. The zero-order valence-electron chi connectivity index (χ0n) is 13.1. The van der Waals surface area contributed by atoms with Crippen LogP contribution in [0.4, 0.5) is 5.13 Å². The first-order valence-electron chi connectivity index (χ1n) is 7.67. The lowest BCUT2D eigenvalue weighted by atomic mass is 10.2. The minimum absolute atomic E-state index is 0.0472. The summed E-state index contributed by atoms with van der Waals surface area (Å²) in [7, 11) is 0. The number of carbonyl (C=O) groups excluding carboxylic acids is 1. The van der Waals surface area contributed by atoms with E-state index in [9.17, 15) is 4.79 Å². The number of para-hydroxylation sites is 1. The molecule has 0 aliphatic rings. The number of thiophene rings is 1. The van der Waals surface area contributed by atoms with Gasteiger partial charge >= 0.3 is 0 Å². The highest BCUT2D eigenvalue weighted by atomic mass is 35.5. The van der Waals surface area contributed by atoms with E-state index in [0.717, 1.165) is 15.8 Å². The molecule has 0 radical (unpaired) electrons. The lowest BCUT2D eigenvalue weighted by Crippen LogP contribution is -2.29. The zero-order valence-corrected chi connectivity index (χ0v) is 15.4. The number of aromatic nitrogens is 1. The number of benzene rings is 2. The van der Waals surface area contributed by atoms with Crippen LogP contribution in [0.25, 0.3) is 10.2 Å². The molecule has 25 heavy (non-hydrogen) atoms. The van der Waals surface area contributed by atoms with Crippen molar-refractivity contribution in [2.24, 2.45) is 0 Å². The predicted molar refractivity (Wildman–Crippen MR) is 106 cm³/mol. The highest BCUT2D eigenvalue weighted by Gasteiger charge is 2.22. The second-order valence-electron chi connectivity index (χ2n) is 5.44. The molecule has 0 aliphatic heterocycles. The van der Waals surface area contributed by atoms with Crippen molar-refractivity contribution in [2.75, 3.05) is 4.90 Å². The van der Waals surface area contributed by atoms with Gasteiger partial charge in [-0.1, -0.05) is 65.4 Å². The molecule has 2 aromatic heterocycles. The van der Waals surface area contributed by atoms with Crippen molar-refractivity contribution in [3.05, 3.63) is 81.5 Å². The molecule has 2 aromatic carbocycles. The van der Waals surface area contributed by atoms with Crippen molar-refractivity contribution >= 4 is 55.5 Å². The molecule has 1 amide bonds. The van der Waals surface area contributed by atoms with Crippen LogP contribution in [0.1, 0.15) is 15.2 Å². The Balaban J connectivity index is 1.78. The van der Waals surface area contributed by atoms with Gasteiger partial charge in [-0.25, -0.2) is 4.98 Å². The maximum absolute atomic E-state index is 13.0. The molecule has 0 fully saturated rings. The second kappa shape index (κ2) is 6.96. The molecule has 2 heterocycles. The van der Waals surface area contributed by atoms with Gasteiger partial charge in [-0.3, -0.25) is 9.69 Å². The predicted octanol–water partition coefficient (Wildman–Crippen LogP) is 5.86. The Labute approximate surface area is 158 Å². The van der Waals surface area contributed by atoms with Gasteiger partial charge in [-0.2, -0.15) is 0 Å². The monoisotopic (exact) mass is 384 g/mol. The van der Waals surface area contributed by atoms with Gasteiger partial charge in [0, 0.05) is 0 Å². The van der Waals surface area contributed by atoms with Crippen LogP contribution in [0.15, 0.2) is 66.0 Å². The van der Waals surface area contributed by atoms with Gasteiger partial charge in [-0.05, 0) is 29.1 Å². The van der Waals surface area contributed by atoms with Crippen molar-refractivity contribution < 1.29 is 4.79 Å². The van der Waals surface area contributed by atoms with E-state index in [4.69, 9.17) is 11.6 Å². The summed E-state index contributed by atoms with van der Waals surface area (Å²) in [6.45, 7) is 0.467. The lowest BCUT2D eigenvalue weighted by molar-refractivity contribution is 0.0989. The molecule has 3 nitrogen and oxygen atoms in total. The van der Waals surface area contributed by atoms with E-state index in [-0.39, 0.29) is 5.91 Å². The minimum atomic E-state index is -0.0472. The zero-order chi connectivity index (χ0) is 17.2. The molecule has 6 heteroatoms. The summed E-state index contributed by atoms with van der Waals surface area (Å²) in [5.74, 6) is -0.0472. The summed E-state index contributed by atoms with van der Waals surface area (Å²) in [6.07, 6.45) is 0. The fraction of sp³-hybridized carbons (Fsp3) is 0.0526. The number of amides is 1. The van der Waals surface area contributed by atoms with Crippen LogP contribution in [0.5, 0.6) is 0 Å². The Kier molecular flexibility index (Phi) is 4.53. The van der Waals surface area contributed by atoms with Gasteiger partial charge in [0.25, 0.3) is 5.91 Å². The number of fused-ring (bicyclic) bond motifs is 1. The Morgan fingerprint density at radius 1 is 1.04 bits per heavy atom. The highest BCUT2D eigenvalue weighted by molar-refractivity contribution is 7.22. The molecule has 4 rings (SSSR count). The summed E-state index contributed by atoms with van der Waals surface area (Å²) in [5, 5.41) is 3.16. The summed E-state index contributed by atoms with van der Waals surface area (Å²) < 4.78 is 0.972. The van der Waals surface area contributed by atoms with Gasteiger partial charge in [0.2, 0.25) is 0 Å². The fourth-order valence-electron chi connectivity index (χ4n) is 2.54. The number of nitrogens with zero attached hydrogens (tertiary/aromatic N) is 2. The van der Waals surface area contributed by atoms with Gasteiger partial charge < -0.3 is 0 Å². The van der Waals surface area contributed by atoms with Crippen molar-refractivity contribution in [3.63, 3.8) is 0 Å². The maximum atomic E-state index is 13.0. The first-order valence-corrected chi connectivity index (χ1v) is 9.74. The topological polar surface area (TPSA) is 33.2 Å². The highest BCUT2D eigenvalue weighted by Crippen LogP contribution is 2.34. The smallest absolute Gasteiger partial charge is 0.270 e. The van der Waals surface area contributed by atoms with Gasteiger partial charge in [0.1, 0.15) is 5.52 Å². The molecule has 0 bridgehead atoms. The van der Waals surface area contributed by atoms with Crippen LogP contribution in [0.2, 0.25) is 5.02 Å². The molecule has 0 saturated carbocycles. The molecule has 0 saturated heterocycles. The SMILES string of the molecule is O=C(c1cccs1)N(Cc1ccccc1)c1nc2c(Cl)cccc2s1. The third-order valence-corrected chi connectivity index (χ3v) is 5.96. The quantitative estimate of drug-likeness (QED) is 0.441. The van der Waals surface area contributed by atoms with Gasteiger partial charge in [-0.15, -0.1) is 11.3 Å². The number of thiazole rings is 1. The standard InChI is InChI=1S/C19H13ClN2OS2/c20-14-8-4-9-15-17(14)21-19(25-15)22(12-13-6-2-1-3-7-13)18(23)16-10-5-11-24-16/h1-11H,12H2. The van der Waals surface area contributed by atoms with Crippen LogP contribution >= 0.6 is 34.3 Å². The number of hydrogen-bond acceptors (Lipinski definition) is 4. The Bertz CT molecular complexity index is 1010. The third kappa shape index (κ3) is 3.31. The molecule has 0 N–H and O–H groups in total. The average molecular weight is 385 g/mol. The fourth-order valence-corrected chi connectivity index (χ4v) is 4.48. The van der Waals surface area contributed by atoms with E-state index < -0.39 is 0 Å². The van der Waals surface area contributed by atoms with Crippen LogP contribution in [-0.2, 0) is 6.54 Å². The van der Waals surface area contributed by atoms with Gasteiger partial charge in [0.15, 0.2) is 5.13 Å². The Hall–Kier alpha value is -2.21. The van der Waals surface area contributed by atoms with E-state index in [1.807, 2.05) is 66.0 Å². The van der Waals surface area contributed by atoms with Crippen LogP contribution < -0.4 is 4.90 Å². The molecule has 0 unspecified atom stereocenters. The Morgan fingerprint density at radius 2 is 1.88 bits per heavy atom. The summed E-state index contributed by atoms with van der Waals surface area (Å²) in [6, 6.07) is 19.3. The summed E-state index contributed by atoms with van der Waals surface area (Å²) >= 11 is 9.17. The van der Waals surface area contributed by atoms with Crippen LogP contribution in [0, 0.1) is 0 Å². The van der Waals surface area contributed by atoms with Crippen LogP contribution in [0.3, 0.4) is 0 Å². The number of hydrogen-bond donors (Lipinski definition) is 0. The first kappa shape index (κ1) is 16.3. The number of halogens is 1. The van der Waals surface area contributed by atoms with E-state index in [2.05, 4.69) is 4.98 Å². The molecule has 0 atom stereocenters. The molecule has 0 spiro atoms. The summed E-state index contributed by atoms with van der Waals surface area (Å²) in [5.41, 5.74) is 1.79. The normalized spacial score (nSPS) is 10.9. The minimum Gasteiger partial charge on any atom is -0.279 e. The third-order valence-electron chi connectivity index (χ3n) is 3.75. The van der Waals surface area contributed by atoms with Crippen molar-refractivity contribution in [3.8, 4) is 0 Å². The molecule has 124 valence electrons. The number of anilines is 1. The first-order chi connectivity index (χ1) is 12.2. The average Bonchev–Trinajstić information content (AvgIpc) is 3.30. The molecule has 0 aliphatic carbocycles.